The van der Waals surface area contributed by atoms with Gasteiger partial charge in [-0.2, -0.15) is 8.75 Å². The number of aromatic nitrogens is 4. The monoisotopic (exact) mass is 511 g/mol. The summed E-state index contributed by atoms with van der Waals surface area (Å²) in [6, 6.07) is 18.2. The summed E-state index contributed by atoms with van der Waals surface area (Å²) in [5, 5.41) is 0. The van der Waals surface area contributed by atoms with E-state index < -0.39 is 10.0 Å². The highest BCUT2D eigenvalue weighted by atomic mass is 32.2. The van der Waals surface area contributed by atoms with Crippen molar-refractivity contribution >= 4 is 61.3 Å². The van der Waals surface area contributed by atoms with Gasteiger partial charge in [0, 0.05) is 22.9 Å². The lowest BCUT2D eigenvalue weighted by atomic mass is 10.2. The van der Waals surface area contributed by atoms with Crippen LogP contribution in [0.5, 0.6) is 0 Å². The van der Waals surface area contributed by atoms with E-state index in [4.69, 9.17) is 0 Å². The Bertz CT molecular complexity index is 1670. The molecule has 0 bridgehead atoms. The summed E-state index contributed by atoms with van der Waals surface area (Å²) >= 11 is 2.41. The molecule has 5 rings (SSSR count). The molecule has 0 fully saturated rings. The molecule has 34 heavy (non-hydrogen) atoms. The predicted octanol–water partition coefficient (Wildman–Crippen LogP) is 4.80. The second kappa shape index (κ2) is 8.90. The van der Waals surface area contributed by atoms with Crippen LogP contribution in [0.15, 0.2) is 80.1 Å². The predicted molar refractivity (Wildman–Crippen MR) is 136 cm³/mol. The van der Waals surface area contributed by atoms with E-state index in [0.29, 0.717) is 40.2 Å². The first kappa shape index (κ1) is 22.6. The summed E-state index contributed by atoms with van der Waals surface area (Å²) in [6.45, 7) is 4.81. The Morgan fingerprint density at radius 1 is 0.941 bits per heavy atom. The van der Waals surface area contributed by atoms with Crippen LogP contribution in [0.4, 0.5) is 5.69 Å². The number of anilines is 1. The maximum Gasteiger partial charge on any atom is 0.329 e. The first-order valence-corrected chi connectivity index (χ1v) is 13.7. The zero-order valence-corrected chi connectivity index (χ0v) is 20.9. The highest BCUT2D eigenvalue weighted by Crippen LogP contribution is 2.38. The number of sulfonamides is 1. The average Bonchev–Trinajstić information content (AvgIpc) is 3.41. The summed E-state index contributed by atoms with van der Waals surface area (Å²) in [4.78, 5) is 14.6. The largest absolute Gasteiger partial charge is 0.329 e. The molecule has 0 radical (unpaired) electrons. The summed E-state index contributed by atoms with van der Waals surface area (Å²) in [6.07, 6.45) is 0. The lowest BCUT2D eigenvalue weighted by Crippen LogP contribution is -2.23. The third-order valence-electron chi connectivity index (χ3n) is 5.51. The fourth-order valence-electron chi connectivity index (χ4n) is 3.93. The van der Waals surface area contributed by atoms with Crippen LogP contribution in [0, 0.1) is 0 Å². The zero-order valence-electron chi connectivity index (χ0n) is 18.4. The van der Waals surface area contributed by atoms with Crippen LogP contribution in [-0.4, -0.2) is 26.3 Å². The van der Waals surface area contributed by atoms with Gasteiger partial charge >= 0.3 is 5.69 Å². The van der Waals surface area contributed by atoms with E-state index in [1.54, 1.807) is 27.3 Å². The van der Waals surface area contributed by atoms with Crippen molar-refractivity contribution in [2.75, 3.05) is 4.72 Å². The number of hydrogen-bond donors (Lipinski definition) is 1. The molecular weight excluding hydrogens is 490 g/mol. The molecule has 5 aromatic rings. The molecule has 2 aromatic heterocycles. The molecule has 0 aliphatic heterocycles. The van der Waals surface area contributed by atoms with Gasteiger partial charge in [-0.05, 0) is 50.2 Å². The Kier molecular flexibility index (Phi) is 5.92. The summed E-state index contributed by atoms with van der Waals surface area (Å²) in [5.74, 6) is 0. The Morgan fingerprint density at radius 3 is 2.35 bits per heavy atom. The van der Waals surface area contributed by atoms with E-state index >= 15 is 0 Å². The van der Waals surface area contributed by atoms with Crippen molar-refractivity contribution in [1.82, 2.24) is 17.9 Å². The second-order valence-electron chi connectivity index (χ2n) is 7.52. The molecule has 1 N–H and O–H groups in total. The van der Waals surface area contributed by atoms with Gasteiger partial charge in [0.05, 0.1) is 28.4 Å². The Morgan fingerprint density at radius 2 is 1.65 bits per heavy atom. The topological polar surface area (TPSA) is 98.9 Å². The molecule has 0 spiro atoms. The van der Waals surface area contributed by atoms with Crippen molar-refractivity contribution in [3.63, 3.8) is 0 Å². The van der Waals surface area contributed by atoms with Crippen LogP contribution in [0.25, 0.3) is 22.1 Å². The molecule has 0 aliphatic carbocycles. The van der Waals surface area contributed by atoms with Crippen LogP contribution >= 0.6 is 23.5 Å². The van der Waals surface area contributed by atoms with Gasteiger partial charge in [0.15, 0.2) is 0 Å². The molecule has 2 heterocycles. The quantitative estimate of drug-likeness (QED) is 0.337. The van der Waals surface area contributed by atoms with E-state index in [0.717, 1.165) is 22.1 Å². The molecule has 11 heteroatoms. The standard InChI is InChI=1S/C23H21N5O3S3/c1-3-27-18-13-17(26-34(30,31)21-12-8-11-16-22(21)25-33-24-16)20(32-15-9-6-5-7-10-15)14-19(18)28(4-2)23(27)29/h5-14,26H,3-4H2,1-2H3. The van der Waals surface area contributed by atoms with E-state index in [1.165, 1.54) is 17.8 Å². The van der Waals surface area contributed by atoms with Crippen LogP contribution in [0.1, 0.15) is 13.8 Å². The number of imidazole rings is 1. The fourth-order valence-corrected chi connectivity index (χ4v) is 6.77. The smallest absolute Gasteiger partial charge is 0.292 e. The number of benzene rings is 3. The van der Waals surface area contributed by atoms with Crippen LogP contribution < -0.4 is 10.4 Å². The number of nitrogens with one attached hydrogen (secondary N) is 1. The Hall–Kier alpha value is -3.15. The minimum atomic E-state index is -3.98. The fraction of sp³-hybridized carbons (Fsp3) is 0.174. The van der Waals surface area contributed by atoms with Crippen molar-refractivity contribution in [3.05, 3.63) is 71.1 Å². The van der Waals surface area contributed by atoms with E-state index in [-0.39, 0.29) is 10.6 Å². The number of nitrogens with zero attached hydrogens (tertiary/aromatic N) is 4. The van der Waals surface area contributed by atoms with E-state index in [9.17, 15) is 13.2 Å². The van der Waals surface area contributed by atoms with Gasteiger partial charge in [-0.3, -0.25) is 13.9 Å². The summed E-state index contributed by atoms with van der Waals surface area (Å²) < 4.78 is 41.4. The zero-order chi connectivity index (χ0) is 23.9. The third kappa shape index (κ3) is 3.89. The molecule has 0 atom stereocenters. The Labute approximate surface area is 204 Å². The number of rotatable bonds is 7. The summed E-state index contributed by atoms with van der Waals surface area (Å²) in [5.41, 5.74) is 2.59. The number of hydrogen-bond acceptors (Lipinski definition) is 7. The minimum absolute atomic E-state index is 0.0634. The Balaban J connectivity index is 1.70. The van der Waals surface area contributed by atoms with Gasteiger partial charge in [0.25, 0.3) is 10.0 Å². The van der Waals surface area contributed by atoms with Gasteiger partial charge in [-0.25, -0.2) is 13.2 Å². The van der Waals surface area contributed by atoms with Crippen molar-refractivity contribution in [2.24, 2.45) is 0 Å². The second-order valence-corrected chi connectivity index (χ2v) is 10.8. The van der Waals surface area contributed by atoms with Crippen molar-refractivity contribution in [2.45, 2.75) is 41.6 Å². The molecule has 3 aromatic carbocycles. The van der Waals surface area contributed by atoms with E-state index in [1.807, 2.05) is 50.2 Å². The molecule has 0 unspecified atom stereocenters. The lowest BCUT2D eigenvalue weighted by molar-refractivity contribution is 0.602. The third-order valence-corrected chi connectivity index (χ3v) is 8.51. The molecule has 174 valence electrons. The molecule has 0 aliphatic rings. The summed E-state index contributed by atoms with van der Waals surface area (Å²) in [7, 11) is -3.98. The lowest BCUT2D eigenvalue weighted by Gasteiger charge is -2.14. The molecular formula is C23H21N5O3S3. The molecule has 0 saturated heterocycles. The SMILES string of the molecule is CCn1c(=O)n(CC)c2cc(Sc3ccccc3)c(NS(=O)(=O)c3cccc4nsnc34)cc21. The van der Waals surface area contributed by atoms with Crippen molar-refractivity contribution in [1.29, 1.82) is 0 Å². The van der Waals surface area contributed by atoms with Gasteiger partial charge in [-0.15, -0.1) is 0 Å². The van der Waals surface area contributed by atoms with Crippen LogP contribution in [0.2, 0.25) is 0 Å². The molecule has 0 saturated carbocycles. The first-order chi connectivity index (χ1) is 16.4. The van der Waals surface area contributed by atoms with Gasteiger partial charge in [0.2, 0.25) is 0 Å². The average molecular weight is 512 g/mol. The normalized spacial score (nSPS) is 11.9. The van der Waals surface area contributed by atoms with Crippen LogP contribution in [0.3, 0.4) is 0 Å². The van der Waals surface area contributed by atoms with Crippen molar-refractivity contribution in [3.8, 4) is 0 Å². The number of fused-ring (bicyclic) bond motifs is 2. The first-order valence-electron chi connectivity index (χ1n) is 10.7. The maximum atomic E-state index is 13.5. The van der Waals surface area contributed by atoms with Crippen molar-refractivity contribution < 1.29 is 8.42 Å². The van der Waals surface area contributed by atoms with Gasteiger partial charge in [0.1, 0.15) is 15.9 Å². The number of aryl methyl sites for hydroxylation is 2. The maximum absolute atomic E-state index is 13.5. The van der Waals surface area contributed by atoms with E-state index in [2.05, 4.69) is 13.5 Å². The minimum Gasteiger partial charge on any atom is -0.292 e. The van der Waals surface area contributed by atoms with Crippen LogP contribution in [-0.2, 0) is 23.1 Å². The molecule has 8 nitrogen and oxygen atoms in total. The highest BCUT2D eigenvalue weighted by Gasteiger charge is 2.23. The van der Waals surface area contributed by atoms with Gasteiger partial charge < -0.3 is 0 Å². The molecule has 0 amide bonds. The van der Waals surface area contributed by atoms with Gasteiger partial charge in [-0.1, -0.05) is 36.0 Å². The highest BCUT2D eigenvalue weighted by molar-refractivity contribution is 7.99.